The molecule has 0 aromatic heterocycles. The summed E-state index contributed by atoms with van der Waals surface area (Å²) in [6.45, 7) is 4.76. The third-order valence-electron chi connectivity index (χ3n) is 2.77. The lowest BCUT2D eigenvalue weighted by atomic mass is 9.88. The first kappa shape index (κ1) is 11.9. The lowest BCUT2D eigenvalue weighted by Crippen LogP contribution is -2.66. The van der Waals surface area contributed by atoms with Crippen LogP contribution in [0, 0.1) is 0 Å². The summed E-state index contributed by atoms with van der Waals surface area (Å²) in [5.41, 5.74) is 5.98. The van der Waals surface area contributed by atoms with E-state index in [1.54, 1.807) is 0 Å². The zero-order valence-corrected chi connectivity index (χ0v) is 9.81. The molecule has 0 radical (unpaired) electrons. The van der Waals surface area contributed by atoms with Gasteiger partial charge in [-0.15, -0.1) is 0 Å². The van der Waals surface area contributed by atoms with Crippen LogP contribution in [0.1, 0.15) is 19.8 Å². The number of nitrogens with zero attached hydrogens (tertiary/aromatic N) is 1. The van der Waals surface area contributed by atoms with Crippen molar-refractivity contribution in [3.63, 3.8) is 0 Å². The van der Waals surface area contributed by atoms with Crippen LogP contribution in [0.5, 0.6) is 0 Å². The van der Waals surface area contributed by atoms with E-state index in [0.29, 0.717) is 0 Å². The van der Waals surface area contributed by atoms with Crippen LogP contribution in [-0.4, -0.2) is 50.5 Å². The molecule has 0 atom stereocenters. The molecule has 0 aliphatic carbocycles. The van der Waals surface area contributed by atoms with Crippen LogP contribution < -0.4 is 5.73 Å². The monoisotopic (exact) mass is 220 g/mol. The molecule has 1 aliphatic rings. The van der Waals surface area contributed by atoms with Gasteiger partial charge in [-0.25, -0.2) is 8.42 Å². The van der Waals surface area contributed by atoms with Crippen molar-refractivity contribution in [1.82, 2.24) is 4.90 Å². The molecule has 0 aromatic carbocycles. The van der Waals surface area contributed by atoms with Crippen LogP contribution in [0.3, 0.4) is 0 Å². The zero-order chi connectivity index (χ0) is 10.8. The van der Waals surface area contributed by atoms with Crippen molar-refractivity contribution in [2.24, 2.45) is 5.73 Å². The molecule has 84 valence electrons. The van der Waals surface area contributed by atoms with Gasteiger partial charge in [0.15, 0.2) is 0 Å². The van der Waals surface area contributed by atoms with Crippen molar-refractivity contribution in [1.29, 1.82) is 0 Å². The van der Waals surface area contributed by atoms with E-state index < -0.39 is 9.84 Å². The van der Waals surface area contributed by atoms with Crippen LogP contribution in [0.25, 0.3) is 0 Å². The lowest BCUT2D eigenvalue weighted by molar-refractivity contribution is 0.0685. The molecule has 1 fully saturated rings. The van der Waals surface area contributed by atoms with E-state index in [1.807, 2.05) is 0 Å². The van der Waals surface area contributed by atoms with Crippen LogP contribution in [0.4, 0.5) is 0 Å². The predicted octanol–water partition coefficient (Wildman–Crippen LogP) is -0.156. The Morgan fingerprint density at radius 3 is 2.43 bits per heavy atom. The number of nitrogens with two attached hydrogens (primary N) is 1. The Hall–Kier alpha value is -0.130. The Morgan fingerprint density at radius 1 is 1.43 bits per heavy atom. The van der Waals surface area contributed by atoms with Crippen molar-refractivity contribution >= 4 is 9.84 Å². The average Bonchev–Trinajstić information content (AvgIpc) is 1.98. The number of sulfone groups is 1. The zero-order valence-electron chi connectivity index (χ0n) is 8.99. The summed E-state index contributed by atoms with van der Waals surface area (Å²) < 4.78 is 21.7. The van der Waals surface area contributed by atoms with Gasteiger partial charge in [-0.3, -0.25) is 4.90 Å². The molecule has 0 spiro atoms. The normalized spacial score (nSPS) is 21.9. The quantitative estimate of drug-likeness (QED) is 0.699. The van der Waals surface area contributed by atoms with Gasteiger partial charge in [0.2, 0.25) is 0 Å². The van der Waals surface area contributed by atoms with E-state index in [2.05, 4.69) is 11.8 Å². The highest BCUT2D eigenvalue weighted by Crippen LogP contribution is 2.21. The Morgan fingerprint density at radius 2 is 2.00 bits per heavy atom. The minimum absolute atomic E-state index is 0.00884. The minimum Gasteiger partial charge on any atom is -0.323 e. The molecule has 0 bridgehead atoms. The van der Waals surface area contributed by atoms with Gasteiger partial charge in [-0.05, 0) is 19.4 Å². The van der Waals surface area contributed by atoms with Crippen molar-refractivity contribution in [3.05, 3.63) is 0 Å². The third-order valence-corrected chi connectivity index (χ3v) is 3.80. The van der Waals surface area contributed by atoms with Gasteiger partial charge in [0.25, 0.3) is 0 Å². The van der Waals surface area contributed by atoms with Gasteiger partial charge in [0, 0.05) is 24.9 Å². The predicted molar refractivity (Wildman–Crippen MR) is 58.0 cm³/mol. The first-order chi connectivity index (χ1) is 6.35. The summed E-state index contributed by atoms with van der Waals surface area (Å²) >= 11 is 0. The fourth-order valence-electron chi connectivity index (χ4n) is 1.78. The third kappa shape index (κ3) is 3.55. The Kier molecular flexibility index (Phi) is 3.55. The van der Waals surface area contributed by atoms with Crippen LogP contribution in [0.15, 0.2) is 0 Å². The Balaban J connectivity index is 2.13. The van der Waals surface area contributed by atoms with Crippen LogP contribution >= 0.6 is 0 Å². The molecule has 14 heavy (non-hydrogen) atoms. The average molecular weight is 220 g/mol. The lowest BCUT2D eigenvalue weighted by Gasteiger charge is -2.47. The van der Waals surface area contributed by atoms with Crippen molar-refractivity contribution in [2.45, 2.75) is 25.3 Å². The minimum atomic E-state index is -2.80. The number of rotatable bonds is 5. The molecule has 0 amide bonds. The maximum atomic E-state index is 10.9. The molecular weight excluding hydrogens is 200 g/mol. The summed E-state index contributed by atoms with van der Waals surface area (Å²) in [6.07, 6.45) is 3.00. The highest BCUT2D eigenvalue weighted by Gasteiger charge is 2.36. The molecule has 1 aliphatic heterocycles. The van der Waals surface area contributed by atoms with Gasteiger partial charge in [-0.2, -0.15) is 0 Å². The van der Waals surface area contributed by atoms with E-state index in [4.69, 9.17) is 5.73 Å². The van der Waals surface area contributed by atoms with Crippen molar-refractivity contribution in [2.75, 3.05) is 31.6 Å². The second-order valence-corrected chi connectivity index (χ2v) is 6.67. The molecule has 5 heteroatoms. The van der Waals surface area contributed by atoms with Crippen molar-refractivity contribution < 1.29 is 8.42 Å². The Bertz CT molecular complexity index is 281. The summed E-state index contributed by atoms with van der Waals surface area (Å²) in [5, 5.41) is 0. The number of likely N-dealkylation sites (tertiary alicyclic amines) is 1. The van der Waals surface area contributed by atoms with Gasteiger partial charge < -0.3 is 5.73 Å². The summed E-state index contributed by atoms with van der Waals surface area (Å²) in [6, 6.07) is 0. The first-order valence-corrected chi connectivity index (χ1v) is 7.10. The first-order valence-electron chi connectivity index (χ1n) is 5.04. The molecule has 0 aromatic rings. The van der Waals surface area contributed by atoms with Gasteiger partial charge in [0.1, 0.15) is 9.84 Å². The van der Waals surface area contributed by atoms with Crippen LogP contribution in [0.2, 0.25) is 0 Å². The SMILES string of the molecule is CCC1(N)CN(CCCS(C)(=O)=O)C1. The summed E-state index contributed by atoms with van der Waals surface area (Å²) in [7, 11) is -2.80. The van der Waals surface area contributed by atoms with E-state index in [-0.39, 0.29) is 11.3 Å². The maximum Gasteiger partial charge on any atom is 0.147 e. The van der Waals surface area contributed by atoms with E-state index in [1.165, 1.54) is 6.26 Å². The summed E-state index contributed by atoms with van der Waals surface area (Å²) in [4.78, 5) is 2.22. The molecule has 4 nitrogen and oxygen atoms in total. The highest BCUT2D eigenvalue weighted by atomic mass is 32.2. The molecule has 0 unspecified atom stereocenters. The van der Waals surface area contributed by atoms with Gasteiger partial charge >= 0.3 is 0 Å². The van der Waals surface area contributed by atoms with E-state index >= 15 is 0 Å². The molecule has 1 heterocycles. The highest BCUT2D eigenvalue weighted by molar-refractivity contribution is 7.90. The molecular formula is C9H20N2O2S. The Labute approximate surface area is 86.4 Å². The van der Waals surface area contributed by atoms with Gasteiger partial charge in [0.05, 0.1) is 5.75 Å². The smallest absolute Gasteiger partial charge is 0.147 e. The molecule has 1 rings (SSSR count). The second kappa shape index (κ2) is 4.16. The summed E-state index contributed by atoms with van der Waals surface area (Å²) in [5.74, 6) is 0.285. The van der Waals surface area contributed by atoms with E-state index in [0.717, 1.165) is 32.5 Å². The maximum absolute atomic E-state index is 10.9. The second-order valence-electron chi connectivity index (χ2n) is 4.41. The fourth-order valence-corrected chi connectivity index (χ4v) is 2.43. The topological polar surface area (TPSA) is 63.4 Å². The number of hydrogen-bond acceptors (Lipinski definition) is 4. The standard InChI is InChI=1S/C9H20N2O2S/c1-3-9(10)7-11(8-9)5-4-6-14(2,12)13/h3-8,10H2,1-2H3. The van der Waals surface area contributed by atoms with Gasteiger partial charge in [-0.1, -0.05) is 6.92 Å². The van der Waals surface area contributed by atoms with E-state index in [9.17, 15) is 8.42 Å². The largest absolute Gasteiger partial charge is 0.323 e. The van der Waals surface area contributed by atoms with Crippen molar-refractivity contribution in [3.8, 4) is 0 Å². The molecule has 2 N–H and O–H groups in total. The molecule has 0 saturated carbocycles. The van der Waals surface area contributed by atoms with Crippen LogP contribution in [-0.2, 0) is 9.84 Å². The number of hydrogen-bond donors (Lipinski definition) is 1. The molecule has 1 saturated heterocycles. The fraction of sp³-hybridized carbons (Fsp3) is 1.00.